The van der Waals surface area contributed by atoms with Gasteiger partial charge in [-0.15, -0.1) is 0 Å². The number of nitrogens with zero attached hydrogens (tertiary/aromatic N) is 2. The maximum Gasteiger partial charge on any atom is 0.509 e. The number of carbonyl (C=O) groups is 2. The van der Waals surface area contributed by atoms with E-state index in [0.717, 1.165) is 4.57 Å². The molecule has 3 rings (SSSR count). The van der Waals surface area contributed by atoms with E-state index in [4.69, 9.17) is 30.9 Å². The molecule has 2 atom stereocenters. The third-order valence-corrected chi connectivity index (χ3v) is 3.49. The summed E-state index contributed by atoms with van der Waals surface area (Å²) in [4.78, 5) is 38.0. The molecule has 0 radical (unpaired) electrons. The van der Waals surface area contributed by atoms with Gasteiger partial charge in [0, 0.05) is 11.2 Å². The minimum atomic E-state index is -1.58. The summed E-state index contributed by atoms with van der Waals surface area (Å²) >= 11 is 5.74. The van der Waals surface area contributed by atoms with Crippen molar-refractivity contribution in [2.45, 2.75) is 12.7 Å². The number of amides is 1. The Morgan fingerprint density at radius 1 is 1.30 bits per heavy atom. The van der Waals surface area contributed by atoms with E-state index in [0.29, 0.717) is 5.02 Å². The normalized spacial score (nSPS) is 18.7. The fourth-order valence-electron chi connectivity index (χ4n) is 2.10. The van der Waals surface area contributed by atoms with Crippen LogP contribution in [0.25, 0.3) is 0 Å². The average Bonchev–Trinajstić information content (AvgIpc) is 3.04. The first-order chi connectivity index (χ1) is 12.9. The van der Waals surface area contributed by atoms with Crippen LogP contribution in [0.2, 0.25) is 5.02 Å². The molecular weight excluding hydrogens is 386 g/mol. The number of hydrogen-bond donors (Lipinski definition) is 2. The molecule has 0 bridgehead atoms. The summed E-state index contributed by atoms with van der Waals surface area (Å²) in [5.41, 5.74) is -0.760. The molecule has 1 aliphatic heterocycles. The third kappa shape index (κ3) is 4.94. The monoisotopic (exact) mass is 397 g/mol. The zero-order chi connectivity index (χ0) is 19.4. The highest BCUT2D eigenvalue weighted by atomic mass is 35.5. The van der Waals surface area contributed by atoms with E-state index in [2.05, 4.69) is 15.0 Å². The molecule has 2 aromatic rings. The van der Waals surface area contributed by atoms with Crippen LogP contribution in [0.15, 0.2) is 41.3 Å². The fourth-order valence-corrected chi connectivity index (χ4v) is 2.22. The topological polar surface area (TPSA) is 138 Å². The highest BCUT2D eigenvalue weighted by molar-refractivity contribution is 6.30. The first-order valence-corrected chi connectivity index (χ1v) is 7.79. The van der Waals surface area contributed by atoms with Crippen molar-refractivity contribution in [3.8, 4) is 5.75 Å². The van der Waals surface area contributed by atoms with Crippen molar-refractivity contribution in [1.29, 1.82) is 0 Å². The van der Waals surface area contributed by atoms with Gasteiger partial charge in [-0.2, -0.15) is 4.98 Å². The summed E-state index contributed by atoms with van der Waals surface area (Å²) in [5.74, 6) is 0.207. The Bertz CT molecular complexity index is 901. The molecule has 1 fully saturated rings. The standard InChI is InChI=1S/C15H12ClN3O8/c16-8-1-3-9(4-2-8)25-13(21)18-10-5-6-19(12(20)17-10)11-7-24-15(26-11)27-14(22)23/h1-6,11,15H,7H2,(H,22,23)(H,17,18,20,21). The second kappa shape index (κ2) is 8.03. The molecule has 0 spiro atoms. The van der Waals surface area contributed by atoms with Crippen LogP contribution in [0.1, 0.15) is 6.23 Å². The molecule has 1 saturated heterocycles. The van der Waals surface area contributed by atoms with Crippen LogP contribution in [-0.4, -0.2) is 40.0 Å². The Morgan fingerprint density at radius 3 is 2.70 bits per heavy atom. The van der Waals surface area contributed by atoms with Crippen LogP contribution in [-0.2, 0) is 14.2 Å². The molecule has 142 valence electrons. The van der Waals surface area contributed by atoms with Gasteiger partial charge in [0.1, 0.15) is 11.6 Å². The average molecular weight is 398 g/mol. The van der Waals surface area contributed by atoms with E-state index < -0.39 is 30.6 Å². The summed E-state index contributed by atoms with van der Waals surface area (Å²) in [6.45, 7) is -1.56. The maximum absolute atomic E-state index is 12.1. The van der Waals surface area contributed by atoms with Gasteiger partial charge in [-0.1, -0.05) is 11.6 Å². The lowest BCUT2D eigenvalue weighted by atomic mass is 10.3. The minimum Gasteiger partial charge on any atom is -0.450 e. The maximum atomic E-state index is 12.1. The highest BCUT2D eigenvalue weighted by Crippen LogP contribution is 2.20. The molecule has 1 amide bonds. The van der Waals surface area contributed by atoms with Crippen molar-refractivity contribution in [2.75, 3.05) is 11.9 Å². The molecule has 2 unspecified atom stereocenters. The first-order valence-electron chi connectivity index (χ1n) is 7.41. The van der Waals surface area contributed by atoms with Crippen molar-refractivity contribution in [2.24, 2.45) is 0 Å². The highest BCUT2D eigenvalue weighted by Gasteiger charge is 2.31. The van der Waals surface area contributed by atoms with Gasteiger partial charge in [-0.3, -0.25) is 14.6 Å². The molecule has 1 aromatic heterocycles. The molecular formula is C15H12ClN3O8. The number of aromatic nitrogens is 2. The summed E-state index contributed by atoms with van der Waals surface area (Å²) in [6.07, 6.45) is -2.06. The van der Waals surface area contributed by atoms with E-state index in [9.17, 15) is 14.4 Å². The van der Waals surface area contributed by atoms with Gasteiger partial charge in [0.05, 0.1) is 6.61 Å². The largest absolute Gasteiger partial charge is 0.509 e. The van der Waals surface area contributed by atoms with Gasteiger partial charge < -0.3 is 19.3 Å². The molecule has 27 heavy (non-hydrogen) atoms. The van der Waals surface area contributed by atoms with Crippen LogP contribution >= 0.6 is 11.6 Å². The Labute approximate surface area is 156 Å². The summed E-state index contributed by atoms with van der Waals surface area (Å²) in [7, 11) is 0. The molecule has 2 heterocycles. The molecule has 2 N–H and O–H groups in total. The van der Waals surface area contributed by atoms with Crippen molar-refractivity contribution in [1.82, 2.24) is 9.55 Å². The quantitative estimate of drug-likeness (QED) is 0.741. The van der Waals surface area contributed by atoms with Crippen molar-refractivity contribution < 1.29 is 33.6 Å². The molecule has 1 aliphatic rings. The van der Waals surface area contributed by atoms with Crippen molar-refractivity contribution >= 4 is 29.7 Å². The van der Waals surface area contributed by atoms with E-state index in [-0.39, 0.29) is 18.2 Å². The van der Waals surface area contributed by atoms with Crippen molar-refractivity contribution in [3.63, 3.8) is 0 Å². The lowest BCUT2D eigenvalue weighted by molar-refractivity contribution is -0.217. The molecule has 0 aliphatic carbocycles. The number of benzene rings is 1. The second-order valence-corrected chi connectivity index (χ2v) is 5.50. The molecule has 12 heteroatoms. The zero-order valence-corrected chi connectivity index (χ0v) is 14.2. The number of nitrogens with one attached hydrogen (secondary N) is 1. The van der Waals surface area contributed by atoms with E-state index in [1.165, 1.54) is 24.4 Å². The van der Waals surface area contributed by atoms with Gasteiger partial charge in [-0.25, -0.2) is 14.4 Å². The van der Waals surface area contributed by atoms with Crippen LogP contribution in [0, 0.1) is 0 Å². The molecule has 0 saturated carbocycles. The zero-order valence-electron chi connectivity index (χ0n) is 13.4. The van der Waals surface area contributed by atoms with Crippen molar-refractivity contribution in [3.05, 3.63) is 52.0 Å². The summed E-state index contributed by atoms with van der Waals surface area (Å²) < 4.78 is 20.4. The number of carbonyl (C=O) groups excluding carboxylic acids is 1. The van der Waals surface area contributed by atoms with Gasteiger partial charge in [0.2, 0.25) is 0 Å². The molecule has 1 aromatic carbocycles. The molecule has 11 nitrogen and oxygen atoms in total. The van der Waals surface area contributed by atoms with Crippen LogP contribution < -0.4 is 15.7 Å². The van der Waals surface area contributed by atoms with Gasteiger partial charge >= 0.3 is 24.4 Å². The van der Waals surface area contributed by atoms with Crippen LogP contribution in [0.4, 0.5) is 15.4 Å². The summed E-state index contributed by atoms with van der Waals surface area (Å²) in [5, 5.41) is 11.3. The van der Waals surface area contributed by atoms with Crippen LogP contribution in [0.3, 0.4) is 0 Å². The Kier molecular flexibility index (Phi) is 5.54. The minimum absolute atomic E-state index is 0.0486. The number of anilines is 1. The SMILES string of the molecule is O=C(O)OC1OCC(n2ccc(NC(=O)Oc3ccc(Cl)cc3)nc2=O)O1. The number of hydrogen-bond acceptors (Lipinski definition) is 8. The van der Waals surface area contributed by atoms with Gasteiger partial charge in [-0.05, 0) is 30.3 Å². The Hall–Kier alpha value is -3.15. The summed E-state index contributed by atoms with van der Waals surface area (Å²) in [6, 6.07) is 7.43. The van der Waals surface area contributed by atoms with E-state index in [1.807, 2.05) is 0 Å². The third-order valence-electron chi connectivity index (χ3n) is 3.23. The second-order valence-electron chi connectivity index (χ2n) is 5.07. The fraction of sp³-hybridized carbons (Fsp3) is 0.200. The smallest absolute Gasteiger partial charge is 0.450 e. The lowest BCUT2D eigenvalue weighted by Crippen LogP contribution is -2.30. The number of rotatable bonds is 4. The lowest BCUT2D eigenvalue weighted by Gasteiger charge is -2.13. The van der Waals surface area contributed by atoms with E-state index in [1.54, 1.807) is 12.1 Å². The van der Waals surface area contributed by atoms with Gasteiger partial charge in [0.15, 0.2) is 6.23 Å². The Morgan fingerprint density at radius 2 is 2.04 bits per heavy atom. The van der Waals surface area contributed by atoms with Crippen LogP contribution in [0.5, 0.6) is 5.75 Å². The Balaban J connectivity index is 1.61. The number of ether oxygens (including phenoxy) is 4. The van der Waals surface area contributed by atoms with E-state index >= 15 is 0 Å². The first kappa shape index (κ1) is 18.6. The number of carboxylic acid groups (broad SMARTS) is 1. The predicted molar refractivity (Wildman–Crippen MR) is 88.6 cm³/mol. The van der Waals surface area contributed by atoms with Gasteiger partial charge in [0.25, 0.3) is 0 Å². The number of halogens is 1. The predicted octanol–water partition coefficient (Wildman–Crippen LogP) is 2.03.